The van der Waals surface area contributed by atoms with Gasteiger partial charge in [-0.1, -0.05) is 18.5 Å². The number of H-pyrrole nitrogens is 1. The molecule has 1 atom stereocenters. The zero-order valence-corrected chi connectivity index (χ0v) is 11.1. The SMILES string of the molecule is CCC(NC(=O)c1cc(N)nc(Cl)c1)c1ncc[nH]1. The second kappa shape index (κ2) is 5.71. The van der Waals surface area contributed by atoms with Crippen LogP contribution in [0.4, 0.5) is 5.82 Å². The molecular formula is C12H14ClN5O. The van der Waals surface area contributed by atoms with Gasteiger partial charge in [0.1, 0.15) is 16.8 Å². The molecule has 0 spiro atoms. The van der Waals surface area contributed by atoms with Crippen LogP contribution in [0.25, 0.3) is 0 Å². The number of carbonyl (C=O) groups excluding carboxylic acids is 1. The monoisotopic (exact) mass is 279 g/mol. The minimum atomic E-state index is -0.265. The van der Waals surface area contributed by atoms with Crippen molar-refractivity contribution in [3.05, 3.63) is 41.1 Å². The molecule has 0 saturated heterocycles. The van der Waals surface area contributed by atoms with E-state index in [9.17, 15) is 4.79 Å². The third-order valence-corrected chi connectivity index (χ3v) is 2.83. The number of pyridine rings is 1. The summed E-state index contributed by atoms with van der Waals surface area (Å²) in [6.45, 7) is 1.96. The van der Waals surface area contributed by atoms with Crippen LogP contribution >= 0.6 is 11.6 Å². The van der Waals surface area contributed by atoms with E-state index in [2.05, 4.69) is 20.3 Å². The highest BCUT2D eigenvalue weighted by atomic mass is 35.5. The molecule has 0 saturated carbocycles. The van der Waals surface area contributed by atoms with Gasteiger partial charge in [0.2, 0.25) is 0 Å². The van der Waals surface area contributed by atoms with E-state index in [1.165, 1.54) is 12.1 Å². The minimum absolute atomic E-state index is 0.185. The highest BCUT2D eigenvalue weighted by Crippen LogP contribution is 2.15. The average Bonchev–Trinajstić information content (AvgIpc) is 2.88. The first-order valence-electron chi connectivity index (χ1n) is 5.83. The van der Waals surface area contributed by atoms with Gasteiger partial charge in [0.05, 0.1) is 6.04 Å². The van der Waals surface area contributed by atoms with Crippen molar-refractivity contribution >= 4 is 23.3 Å². The average molecular weight is 280 g/mol. The molecular weight excluding hydrogens is 266 g/mol. The van der Waals surface area contributed by atoms with Crippen molar-refractivity contribution in [1.82, 2.24) is 20.3 Å². The molecule has 19 heavy (non-hydrogen) atoms. The number of nitrogen functional groups attached to an aromatic ring is 1. The molecule has 2 aromatic heterocycles. The first-order valence-corrected chi connectivity index (χ1v) is 6.21. The van der Waals surface area contributed by atoms with E-state index in [4.69, 9.17) is 17.3 Å². The highest BCUT2D eigenvalue weighted by molar-refractivity contribution is 6.29. The number of amides is 1. The third kappa shape index (κ3) is 3.23. The van der Waals surface area contributed by atoms with Crippen LogP contribution < -0.4 is 11.1 Å². The number of nitrogens with two attached hydrogens (primary N) is 1. The van der Waals surface area contributed by atoms with Crippen LogP contribution in [0.5, 0.6) is 0 Å². The third-order valence-electron chi connectivity index (χ3n) is 2.64. The quantitative estimate of drug-likeness (QED) is 0.745. The van der Waals surface area contributed by atoms with Gasteiger partial charge < -0.3 is 16.0 Å². The fourth-order valence-corrected chi connectivity index (χ4v) is 1.94. The minimum Gasteiger partial charge on any atom is -0.384 e. The fourth-order valence-electron chi connectivity index (χ4n) is 1.72. The molecule has 0 bridgehead atoms. The fraction of sp³-hybridized carbons (Fsp3) is 0.250. The summed E-state index contributed by atoms with van der Waals surface area (Å²) in [6, 6.07) is 2.77. The lowest BCUT2D eigenvalue weighted by atomic mass is 10.2. The molecule has 4 N–H and O–H groups in total. The topological polar surface area (TPSA) is 96.7 Å². The molecule has 0 aliphatic rings. The van der Waals surface area contributed by atoms with Crippen LogP contribution in [-0.2, 0) is 0 Å². The summed E-state index contributed by atoms with van der Waals surface area (Å²) in [5.74, 6) is 0.659. The Bertz CT molecular complexity index is 549. The van der Waals surface area contributed by atoms with Gasteiger partial charge in [0.25, 0.3) is 5.91 Å². The second-order valence-electron chi connectivity index (χ2n) is 4.01. The van der Waals surface area contributed by atoms with Crippen LogP contribution in [0.3, 0.4) is 0 Å². The number of aromatic amines is 1. The van der Waals surface area contributed by atoms with Gasteiger partial charge in [-0.2, -0.15) is 0 Å². The molecule has 2 aromatic rings. The summed E-state index contributed by atoms with van der Waals surface area (Å²) < 4.78 is 0. The molecule has 0 aromatic carbocycles. The normalized spacial score (nSPS) is 12.1. The lowest BCUT2D eigenvalue weighted by Crippen LogP contribution is -2.29. The standard InChI is InChI=1S/C12H14ClN5O/c1-2-8(11-15-3-4-16-11)17-12(19)7-5-9(13)18-10(14)6-7/h3-6,8H,2H2,1H3,(H2,14,18)(H,15,16)(H,17,19). The van der Waals surface area contributed by atoms with Crippen LogP contribution in [0.2, 0.25) is 5.15 Å². The Morgan fingerprint density at radius 2 is 2.37 bits per heavy atom. The zero-order valence-electron chi connectivity index (χ0n) is 10.4. The summed E-state index contributed by atoms with van der Waals surface area (Å²) in [4.78, 5) is 23.0. The van der Waals surface area contributed by atoms with Crippen molar-refractivity contribution in [2.24, 2.45) is 0 Å². The van der Waals surface area contributed by atoms with Crippen LogP contribution in [0.1, 0.15) is 35.6 Å². The molecule has 1 amide bonds. The number of hydrogen-bond acceptors (Lipinski definition) is 4. The van der Waals surface area contributed by atoms with Crippen molar-refractivity contribution in [3.63, 3.8) is 0 Å². The highest BCUT2D eigenvalue weighted by Gasteiger charge is 2.16. The Kier molecular flexibility index (Phi) is 4.01. The van der Waals surface area contributed by atoms with Crippen molar-refractivity contribution < 1.29 is 4.79 Å². The molecule has 1 unspecified atom stereocenters. The lowest BCUT2D eigenvalue weighted by molar-refractivity contribution is 0.0934. The maximum absolute atomic E-state index is 12.1. The molecule has 0 radical (unpaired) electrons. The van der Waals surface area contributed by atoms with Crippen molar-refractivity contribution in [3.8, 4) is 0 Å². The van der Waals surface area contributed by atoms with Crippen LogP contribution in [-0.4, -0.2) is 20.9 Å². The van der Waals surface area contributed by atoms with Gasteiger partial charge in [-0.25, -0.2) is 9.97 Å². The van der Waals surface area contributed by atoms with E-state index in [0.717, 1.165) is 0 Å². The predicted molar refractivity (Wildman–Crippen MR) is 72.7 cm³/mol. The summed E-state index contributed by atoms with van der Waals surface area (Å²) in [7, 11) is 0. The maximum Gasteiger partial charge on any atom is 0.252 e. The summed E-state index contributed by atoms with van der Waals surface area (Å²) in [6.07, 6.45) is 4.07. The Morgan fingerprint density at radius 1 is 1.58 bits per heavy atom. The van der Waals surface area contributed by atoms with Crippen molar-refractivity contribution in [1.29, 1.82) is 0 Å². The molecule has 6 nitrogen and oxygen atoms in total. The number of aromatic nitrogens is 3. The number of hydrogen-bond donors (Lipinski definition) is 3. The number of carbonyl (C=O) groups is 1. The van der Waals surface area contributed by atoms with E-state index >= 15 is 0 Å². The molecule has 2 rings (SSSR count). The largest absolute Gasteiger partial charge is 0.384 e. The molecule has 7 heteroatoms. The van der Waals surface area contributed by atoms with Gasteiger partial charge in [0.15, 0.2) is 0 Å². The smallest absolute Gasteiger partial charge is 0.252 e. The van der Waals surface area contributed by atoms with E-state index in [1.807, 2.05) is 6.92 Å². The molecule has 0 aliphatic heterocycles. The second-order valence-corrected chi connectivity index (χ2v) is 4.40. The van der Waals surface area contributed by atoms with Gasteiger partial charge in [-0.05, 0) is 18.6 Å². The number of nitrogens with one attached hydrogen (secondary N) is 2. The predicted octanol–water partition coefficient (Wildman–Crippen LogP) is 1.92. The summed E-state index contributed by atoms with van der Waals surface area (Å²) in [5.41, 5.74) is 5.94. The number of rotatable bonds is 4. The maximum atomic E-state index is 12.1. The van der Waals surface area contributed by atoms with Crippen molar-refractivity contribution in [2.75, 3.05) is 5.73 Å². The number of halogens is 1. The summed E-state index contributed by atoms with van der Waals surface area (Å²) >= 11 is 5.77. The number of imidazole rings is 1. The molecule has 0 aliphatic carbocycles. The Hall–Kier alpha value is -2.08. The lowest BCUT2D eigenvalue weighted by Gasteiger charge is -2.14. The van der Waals surface area contributed by atoms with Crippen molar-refractivity contribution in [2.45, 2.75) is 19.4 Å². The van der Waals surface area contributed by atoms with E-state index in [-0.39, 0.29) is 22.9 Å². The van der Waals surface area contributed by atoms with Crippen LogP contribution in [0.15, 0.2) is 24.5 Å². The Morgan fingerprint density at radius 3 is 2.95 bits per heavy atom. The molecule has 0 fully saturated rings. The first-order chi connectivity index (χ1) is 9.10. The number of nitrogens with zero attached hydrogens (tertiary/aromatic N) is 2. The first kappa shape index (κ1) is 13.4. The molecule has 2 heterocycles. The van der Waals surface area contributed by atoms with Crippen LogP contribution in [0, 0.1) is 0 Å². The van der Waals surface area contributed by atoms with Gasteiger partial charge in [-0.3, -0.25) is 4.79 Å². The van der Waals surface area contributed by atoms with E-state index in [0.29, 0.717) is 17.8 Å². The van der Waals surface area contributed by atoms with Gasteiger partial charge >= 0.3 is 0 Å². The van der Waals surface area contributed by atoms with E-state index < -0.39 is 0 Å². The molecule has 100 valence electrons. The Balaban J connectivity index is 2.15. The Labute approximate surface area is 115 Å². The van der Waals surface area contributed by atoms with E-state index in [1.54, 1.807) is 12.4 Å². The zero-order chi connectivity index (χ0) is 13.8. The summed E-state index contributed by atoms with van der Waals surface area (Å²) in [5, 5.41) is 3.06. The van der Waals surface area contributed by atoms with Gasteiger partial charge in [-0.15, -0.1) is 0 Å². The number of anilines is 1. The van der Waals surface area contributed by atoms with Gasteiger partial charge in [0, 0.05) is 18.0 Å².